The van der Waals surface area contributed by atoms with E-state index in [0.29, 0.717) is 23.1 Å². The Morgan fingerprint density at radius 3 is 1.58 bits per heavy atom. The maximum Gasteiger partial charge on any atom is 0.178 e. The van der Waals surface area contributed by atoms with Crippen molar-refractivity contribution in [1.29, 1.82) is 0 Å². The van der Waals surface area contributed by atoms with Crippen molar-refractivity contribution in [2.75, 3.05) is 0 Å². The maximum absolute atomic E-state index is 7.14. The van der Waals surface area contributed by atoms with E-state index in [1.165, 1.54) is 27.8 Å². The van der Waals surface area contributed by atoms with Gasteiger partial charge in [-0.3, -0.25) is 0 Å². The normalized spacial score (nSPS) is 12.8. The van der Waals surface area contributed by atoms with E-state index in [1.807, 2.05) is 12.1 Å². The molecule has 0 fully saturated rings. The van der Waals surface area contributed by atoms with E-state index in [4.69, 9.17) is 19.4 Å². The first-order valence-electron chi connectivity index (χ1n) is 22.7. The van der Waals surface area contributed by atoms with Crippen LogP contribution in [0.1, 0.15) is 22.3 Å². The van der Waals surface area contributed by atoms with E-state index < -0.39 is 5.41 Å². The molecule has 13 rings (SSSR count). The van der Waals surface area contributed by atoms with Gasteiger partial charge in [-0.15, -0.1) is 0 Å². The highest BCUT2D eigenvalue weighted by Crippen LogP contribution is 2.62. The zero-order valence-corrected chi connectivity index (χ0v) is 36.3. The van der Waals surface area contributed by atoms with Gasteiger partial charge >= 0.3 is 0 Å². The highest BCUT2D eigenvalue weighted by molar-refractivity contribution is 6.04. The minimum absolute atomic E-state index is 0.556. The SMILES string of the molecule is c1ccc(-c2cc(-c3ccccc3-c3ccc4c(c3)Oc3c(ccc5c3-c3ccccc3C5(c3ccccc3)c3ccccc3)O4)nc(-c3ccc(-c4ccccc4)c4ccccc34)n2)cc1. The average Bonchev–Trinajstić information content (AvgIpc) is 3.72. The van der Waals surface area contributed by atoms with Crippen LogP contribution in [0.15, 0.2) is 243 Å². The lowest BCUT2D eigenvalue weighted by Crippen LogP contribution is -2.28. The molecule has 314 valence electrons. The van der Waals surface area contributed by atoms with Crippen LogP contribution in [-0.2, 0) is 5.41 Å². The Kier molecular flexibility index (Phi) is 9.04. The molecule has 2 heterocycles. The minimum atomic E-state index is -0.556. The summed E-state index contributed by atoms with van der Waals surface area (Å²) in [5.74, 6) is 3.39. The van der Waals surface area contributed by atoms with Crippen LogP contribution in [0, 0.1) is 0 Å². The van der Waals surface area contributed by atoms with Gasteiger partial charge in [0.15, 0.2) is 28.8 Å². The zero-order chi connectivity index (χ0) is 44.3. The maximum atomic E-state index is 7.14. The van der Waals surface area contributed by atoms with Gasteiger partial charge in [-0.05, 0) is 91.2 Å². The molecule has 67 heavy (non-hydrogen) atoms. The van der Waals surface area contributed by atoms with E-state index in [2.05, 4.69) is 231 Å². The topological polar surface area (TPSA) is 44.2 Å². The van der Waals surface area contributed by atoms with Crippen LogP contribution in [0.4, 0.5) is 0 Å². The lowest BCUT2D eigenvalue weighted by atomic mass is 9.68. The van der Waals surface area contributed by atoms with Gasteiger partial charge in [0.25, 0.3) is 0 Å². The first-order valence-corrected chi connectivity index (χ1v) is 22.7. The summed E-state index contributed by atoms with van der Waals surface area (Å²) >= 11 is 0. The third-order valence-corrected chi connectivity index (χ3v) is 13.5. The molecule has 11 aromatic rings. The van der Waals surface area contributed by atoms with Crippen molar-refractivity contribution < 1.29 is 9.47 Å². The van der Waals surface area contributed by atoms with E-state index in [1.54, 1.807) is 0 Å². The van der Waals surface area contributed by atoms with Crippen LogP contribution in [0.25, 0.3) is 78.1 Å². The zero-order valence-electron chi connectivity index (χ0n) is 36.3. The molecular formula is C63H40N2O2. The number of benzene rings is 10. The molecule has 0 saturated carbocycles. The van der Waals surface area contributed by atoms with Gasteiger partial charge in [0.2, 0.25) is 0 Å². The van der Waals surface area contributed by atoms with Crippen LogP contribution in [0.5, 0.6) is 23.0 Å². The average molecular weight is 857 g/mol. The van der Waals surface area contributed by atoms with E-state index in [0.717, 1.165) is 72.4 Å². The second-order valence-electron chi connectivity index (χ2n) is 17.2. The van der Waals surface area contributed by atoms with Crippen molar-refractivity contribution in [2.24, 2.45) is 0 Å². The second kappa shape index (κ2) is 15.7. The van der Waals surface area contributed by atoms with E-state index in [-0.39, 0.29) is 0 Å². The number of nitrogens with zero attached hydrogens (tertiary/aromatic N) is 2. The first kappa shape index (κ1) is 38.6. The quantitative estimate of drug-likeness (QED) is 0.160. The van der Waals surface area contributed by atoms with Gasteiger partial charge in [0.05, 0.1) is 16.8 Å². The summed E-state index contributed by atoms with van der Waals surface area (Å²) < 4.78 is 13.9. The molecular weight excluding hydrogens is 817 g/mol. The second-order valence-corrected chi connectivity index (χ2v) is 17.2. The third kappa shape index (κ3) is 6.22. The molecule has 4 heteroatoms. The molecule has 0 N–H and O–H groups in total. The van der Waals surface area contributed by atoms with Crippen LogP contribution in [0.2, 0.25) is 0 Å². The van der Waals surface area contributed by atoms with E-state index >= 15 is 0 Å². The molecule has 0 bridgehead atoms. The molecule has 10 aromatic carbocycles. The Bertz CT molecular complexity index is 3640. The Hall–Kier alpha value is -8.86. The van der Waals surface area contributed by atoms with Crippen LogP contribution < -0.4 is 9.47 Å². The van der Waals surface area contributed by atoms with Gasteiger partial charge in [-0.1, -0.05) is 212 Å². The van der Waals surface area contributed by atoms with Gasteiger partial charge in [-0.25, -0.2) is 9.97 Å². The fraction of sp³-hybridized carbons (Fsp3) is 0.0159. The monoisotopic (exact) mass is 856 g/mol. The largest absolute Gasteiger partial charge is 0.449 e. The Morgan fingerprint density at radius 1 is 0.313 bits per heavy atom. The molecule has 1 aromatic heterocycles. The van der Waals surface area contributed by atoms with Crippen molar-refractivity contribution >= 4 is 10.8 Å². The van der Waals surface area contributed by atoms with Gasteiger partial charge in [0, 0.05) is 22.3 Å². The number of hydrogen-bond donors (Lipinski definition) is 0. The van der Waals surface area contributed by atoms with Gasteiger partial charge < -0.3 is 9.47 Å². The predicted octanol–water partition coefficient (Wildman–Crippen LogP) is 16.2. The van der Waals surface area contributed by atoms with Crippen molar-refractivity contribution in [1.82, 2.24) is 9.97 Å². The summed E-state index contributed by atoms with van der Waals surface area (Å²) in [6.45, 7) is 0. The molecule has 0 unspecified atom stereocenters. The molecule has 4 nitrogen and oxygen atoms in total. The number of ether oxygens (including phenoxy) is 2. The molecule has 2 aliphatic rings. The summed E-state index contributed by atoms with van der Waals surface area (Å²) in [7, 11) is 0. The number of aromatic nitrogens is 2. The van der Waals surface area contributed by atoms with Crippen molar-refractivity contribution in [3.63, 3.8) is 0 Å². The summed E-state index contributed by atoms with van der Waals surface area (Å²) in [4.78, 5) is 10.7. The van der Waals surface area contributed by atoms with Crippen molar-refractivity contribution in [3.8, 4) is 90.3 Å². The molecule has 0 radical (unpaired) electrons. The molecule has 0 amide bonds. The van der Waals surface area contributed by atoms with Crippen LogP contribution >= 0.6 is 0 Å². The van der Waals surface area contributed by atoms with Crippen LogP contribution in [0.3, 0.4) is 0 Å². The molecule has 1 aliphatic carbocycles. The number of rotatable bonds is 7. The third-order valence-electron chi connectivity index (χ3n) is 13.5. The lowest BCUT2D eigenvalue weighted by Gasteiger charge is -2.34. The summed E-state index contributed by atoms with van der Waals surface area (Å²) in [6.07, 6.45) is 0. The fourth-order valence-electron chi connectivity index (χ4n) is 10.5. The lowest BCUT2D eigenvalue weighted by molar-refractivity contribution is 0.360. The Labute approximate surface area is 389 Å². The van der Waals surface area contributed by atoms with Gasteiger partial charge in [-0.2, -0.15) is 0 Å². The summed E-state index contributed by atoms with van der Waals surface area (Å²) in [5, 5.41) is 2.25. The highest BCUT2D eigenvalue weighted by atomic mass is 16.6. The summed E-state index contributed by atoms with van der Waals surface area (Å²) in [6, 6.07) is 85.3. The number of hydrogen-bond acceptors (Lipinski definition) is 4. The minimum Gasteiger partial charge on any atom is -0.449 e. The Morgan fingerprint density at radius 2 is 0.866 bits per heavy atom. The van der Waals surface area contributed by atoms with E-state index in [9.17, 15) is 0 Å². The highest BCUT2D eigenvalue weighted by Gasteiger charge is 2.48. The Balaban J connectivity index is 0.944. The summed E-state index contributed by atoms with van der Waals surface area (Å²) in [5.41, 5.74) is 15.4. The van der Waals surface area contributed by atoms with Gasteiger partial charge in [0.1, 0.15) is 0 Å². The molecule has 0 spiro atoms. The van der Waals surface area contributed by atoms with Crippen molar-refractivity contribution in [2.45, 2.75) is 5.41 Å². The predicted molar refractivity (Wildman–Crippen MR) is 271 cm³/mol. The molecule has 1 aliphatic heterocycles. The van der Waals surface area contributed by atoms with Crippen molar-refractivity contribution in [3.05, 3.63) is 265 Å². The van der Waals surface area contributed by atoms with Crippen LogP contribution in [-0.4, -0.2) is 9.97 Å². The number of fused-ring (bicyclic) bond motifs is 7. The fourth-order valence-corrected chi connectivity index (χ4v) is 10.5. The molecule has 0 saturated heterocycles. The first-order chi connectivity index (χ1) is 33.2. The standard InChI is InChI=1S/C63H40N2O2/c1-5-19-41(20-6-1)47-34-35-51(49-29-15-14-28-48(47)49)62-64-55(42-21-7-2-8-22-42)40-56(65-62)50-30-16-13-27-46(50)43-33-37-57-59(39-43)67-61-58(66-57)38-36-54-60(61)52-31-17-18-32-53(52)63(54,44-23-9-3-10-24-44)45-25-11-4-12-26-45/h1-40H. The molecule has 0 atom stereocenters. The smallest absolute Gasteiger partial charge is 0.178 e.